The quantitative estimate of drug-likeness (QED) is 0.896. The van der Waals surface area contributed by atoms with E-state index in [0.717, 1.165) is 41.0 Å². The summed E-state index contributed by atoms with van der Waals surface area (Å²) in [6.45, 7) is 5.06. The van der Waals surface area contributed by atoms with Crippen molar-refractivity contribution in [3.8, 4) is 11.5 Å². The summed E-state index contributed by atoms with van der Waals surface area (Å²) >= 11 is 0. The molecule has 19 heavy (non-hydrogen) atoms. The van der Waals surface area contributed by atoms with Gasteiger partial charge in [0.2, 0.25) is 0 Å². The van der Waals surface area contributed by atoms with Gasteiger partial charge in [-0.2, -0.15) is 0 Å². The highest BCUT2D eigenvalue weighted by molar-refractivity contribution is 5.94. The van der Waals surface area contributed by atoms with Crippen LogP contribution in [0.3, 0.4) is 0 Å². The number of methoxy groups -OCH3 is 2. The van der Waals surface area contributed by atoms with Crippen molar-refractivity contribution in [2.24, 2.45) is 0 Å². The zero-order chi connectivity index (χ0) is 13.8. The predicted molar refractivity (Wildman–Crippen MR) is 78.4 cm³/mol. The topological polar surface area (TPSA) is 43.4 Å². The molecule has 2 rings (SSSR count). The van der Waals surface area contributed by atoms with E-state index in [1.807, 2.05) is 12.1 Å². The molecule has 102 valence electrons. The standard InChI is InChI=1S/C15H20N2O2/c1-5-10-7-12(16-6-2)11-8-14(18-3)15(19-4)9-13(11)17-10/h7-9H,5-6H2,1-4H3,(H,16,17). The minimum absolute atomic E-state index is 0.707. The number of pyridine rings is 1. The summed E-state index contributed by atoms with van der Waals surface area (Å²) < 4.78 is 10.7. The zero-order valence-corrected chi connectivity index (χ0v) is 11.9. The number of hydrogen-bond acceptors (Lipinski definition) is 4. The van der Waals surface area contributed by atoms with E-state index >= 15 is 0 Å². The maximum Gasteiger partial charge on any atom is 0.162 e. The van der Waals surface area contributed by atoms with E-state index in [4.69, 9.17) is 9.47 Å². The van der Waals surface area contributed by atoms with Gasteiger partial charge in [0.25, 0.3) is 0 Å². The van der Waals surface area contributed by atoms with Crippen molar-refractivity contribution in [2.45, 2.75) is 20.3 Å². The summed E-state index contributed by atoms with van der Waals surface area (Å²) in [4.78, 5) is 4.65. The zero-order valence-electron chi connectivity index (χ0n) is 11.9. The highest BCUT2D eigenvalue weighted by Crippen LogP contribution is 2.35. The van der Waals surface area contributed by atoms with Crippen LogP contribution < -0.4 is 14.8 Å². The smallest absolute Gasteiger partial charge is 0.162 e. The average Bonchev–Trinajstić information content (AvgIpc) is 2.45. The van der Waals surface area contributed by atoms with Gasteiger partial charge in [0.15, 0.2) is 11.5 Å². The molecule has 1 heterocycles. The van der Waals surface area contributed by atoms with Crippen LogP contribution in [-0.2, 0) is 6.42 Å². The Morgan fingerprint density at radius 2 is 1.74 bits per heavy atom. The van der Waals surface area contributed by atoms with E-state index in [0.29, 0.717) is 5.75 Å². The number of nitrogens with zero attached hydrogens (tertiary/aromatic N) is 1. The van der Waals surface area contributed by atoms with Crippen molar-refractivity contribution < 1.29 is 9.47 Å². The predicted octanol–water partition coefficient (Wildman–Crippen LogP) is 3.25. The Kier molecular flexibility index (Phi) is 4.10. The number of anilines is 1. The van der Waals surface area contributed by atoms with Gasteiger partial charge in [-0.1, -0.05) is 6.92 Å². The highest BCUT2D eigenvalue weighted by Gasteiger charge is 2.11. The molecule has 1 aromatic carbocycles. The Morgan fingerprint density at radius 1 is 1.05 bits per heavy atom. The number of fused-ring (bicyclic) bond motifs is 1. The van der Waals surface area contributed by atoms with Crippen molar-refractivity contribution in [3.63, 3.8) is 0 Å². The Labute approximate surface area is 113 Å². The van der Waals surface area contributed by atoms with Gasteiger partial charge in [-0.15, -0.1) is 0 Å². The van der Waals surface area contributed by atoms with E-state index in [1.165, 1.54) is 0 Å². The third kappa shape index (κ3) is 2.57. The first-order valence-corrected chi connectivity index (χ1v) is 6.53. The molecule has 0 bridgehead atoms. The third-order valence-electron chi connectivity index (χ3n) is 3.10. The number of rotatable bonds is 5. The molecule has 0 atom stereocenters. The van der Waals surface area contributed by atoms with Crippen molar-refractivity contribution >= 4 is 16.6 Å². The van der Waals surface area contributed by atoms with E-state index in [2.05, 4.69) is 30.2 Å². The van der Waals surface area contributed by atoms with Crippen LogP contribution in [0.5, 0.6) is 11.5 Å². The number of aryl methyl sites for hydroxylation is 1. The van der Waals surface area contributed by atoms with Gasteiger partial charge in [0.1, 0.15) is 0 Å². The largest absolute Gasteiger partial charge is 0.493 e. The number of ether oxygens (including phenoxy) is 2. The fraction of sp³-hybridized carbons (Fsp3) is 0.400. The molecule has 4 nitrogen and oxygen atoms in total. The van der Waals surface area contributed by atoms with Crippen molar-refractivity contribution in [1.29, 1.82) is 0 Å². The number of aromatic nitrogens is 1. The molecule has 0 unspecified atom stereocenters. The first-order chi connectivity index (χ1) is 9.23. The van der Waals surface area contributed by atoms with Gasteiger partial charge in [0.05, 0.1) is 19.7 Å². The summed E-state index contributed by atoms with van der Waals surface area (Å²) in [6.07, 6.45) is 0.905. The molecule has 0 aliphatic heterocycles. The molecule has 4 heteroatoms. The van der Waals surface area contributed by atoms with E-state index < -0.39 is 0 Å². The Balaban J connectivity index is 2.70. The summed E-state index contributed by atoms with van der Waals surface area (Å²) in [7, 11) is 3.28. The second kappa shape index (κ2) is 5.78. The molecule has 0 saturated heterocycles. The normalized spacial score (nSPS) is 10.5. The second-order valence-corrected chi connectivity index (χ2v) is 4.27. The van der Waals surface area contributed by atoms with Crippen LogP contribution >= 0.6 is 0 Å². The Bertz CT molecular complexity index is 582. The van der Waals surface area contributed by atoms with Crippen LogP contribution in [0.15, 0.2) is 18.2 Å². The lowest BCUT2D eigenvalue weighted by Gasteiger charge is -2.13. The molecule has 1 aromatic heterocycles. The lowest BCUT2D eigenvalue weighted by atomic mass is 10.1. The van der Waals surface area contributed by atoms with Gasteiger partial charge in [0, 0.05) is 29.4 Å². The highest BCUT2D eigenvalue weighted by atomic mass is 16.5. The first kappa shape index (κ1) is 13.5. The van der Waals surface area contributed by atoms with Gasteiger partial charge in [-0.3, -0.25) is 4.98 Å². The minimum atomic E-state index is 0.707. The molecule has 0 amide bonds. The molecule has 0 fully saturated rings. The fourth-order valence-corrected chi connectivity index (χ4v) is 2.13. The molecule has 1 N–H and O–H groups in total. The number of nitrogens with one attached hydrogen (secondary N) is 1. The van der Waals surface area contributed by atoms with Gasteiger partial charge in [-0.25, -0.2) is 0 Å². The molecule has 0 aliphatic rings. The third-order valence-corrected chi connectivity index (χ3v) is 3.10. The minimum Gasteiger partial charge on any atom is -0.493 e. The monoisotopic (exact) mass is 260 g/mol. The van der Waals surface area contributed by atoms with Gasteiger partial charge < -0.3 is 14.8 Å². The molecule has 0 saturated carbocycles. The Hall–Kier alpha value is -1.97. The molecule has 0 aliphatic carbocycles. The van der Waals surface area contributed by atoms with Crippen LogP contribution in [0.25, 0.3) is 10.9 Å². The van der Waals surface area contributed by atoms with Crippen molar-refractivity contribution in [2.75, 3.05) is 26.1 Å². The van der Waals surface area contributed by atoms with Crippen LogP contribution in [0.1, 0.15) is 19.5 Å². The SMILES string of the molecule is CCNc1cc(CC)nc2cc(OC)c(OC)cc12. The number of hydrogen-bond donors (Lipinski definition) is 1. The second-order valence-electron chi connectivity index (χ2n) is 4.27. The lowest BCUT2D eigenvalue weighted by molar-refractivity contribution is 0.356. The maximum absolute atomic E-state index is 5.35. The summed E-state index contributed by atoms with van der Waals surface area (Å²) in [5.41, 5.74) is 3.08. The van der Waals surface area contributed by atoms with Crippen molar-refractivity contribution in [3.05, 3.63) is 23.9 Å². The summed E-state index contributed by atoms with van der Waals surface area (Å²) in [5.74, 6) is 1.43. The Morgan fingerprint density at radius 3 is 2.32 bits per heavy atom. The molecule has 2 aromatic rings. The van der Waals surface area contributed by atoms with Crippen molar-refractivity contribution in [1.82, 2.24) is 4.98 Å². The van der Waals surface area contributed by atoms with Crippen LogP contribution in [0, 0.1) is 0 Å². The molecule has 0 radical (unpaired) electrons. The summed E-state index contributed by atoms with van der Waals surface area (Å²) in [6, 6.07) is 5.99. The number of benzene rings is 1. The van der Waals surface area contributed by atoms with Crippen LogP contribution in [0.4, 0.5) is 5.69 Å². The molecular weight excluding hydrogens is 240 g/mol. The average molecular weight is 260 g/mol. The van der Waals surface area contributed by atoms with Gasteiger partial charge in [-0.05, 0) is 25.5 Å². The van der Waals surface area contributed by atoms with E-state index in [9.17, 15) is 0 Å². The van der Waals surface area contributed by atoms with E-state index in [-0.39, 0.29) is 0 Å². The molecule has 0 spiro atoms. The molecular formula is C15H20N2O2. The van der Waals surface area contributed by atoms with Gasteiger partial charge >= 0.3 is 0 Å². The van der Waals surface area contributed by atoms with E-state index in [1.54, 1.807) is 14.2 Å². The summed E-state index contributed by atoms with van der Waals surface area (Å²) in [5, 5.41) is 4.43. The lowest BCUT2D eigenvalue weighted by Crippen LogP contribution is -2.01. The van der Waals surface area contributed by atoms with Crippen LogP contribution in [0.2, 0.25) is 0 Å². The maximum atomic E-state index is 5.35. The fourth-order valence-electron chi connectivity index (χ4n) is 2.13. The first-order valence-electron chi connectivity index (χ1n) is 6.53. The van der Waals surface area contributed by atoms with Crippen LogP contribution in [-0.4, -0.2) is 25.7 Å².